The second kappa shape index (κ2) is 4.93. The van der Waals surface area contributed by atoms with Gasteiger partial charge in [0.2, 0.25) is 0 Å². The lowest BCUT2D eigenvalue weighted by Crippen LogP contribution is -2.52. The number of benzene rings is 1. The van der Waals surface area contributed by atoms with E-state index >= 15 is 0 Å². The van der Waals surface area contributed by atoms with Crippen molar-refractivity contribution in [2.75, 3.05) is 11.4 Å². The molecule has 0 amide bonds. The average Bonchev–Trinajstić information content (AvgIpc) is 2.38. The molecule has 0 bridgehead atoms. The van der Waals surface area contributed by atoms with Gasteiger partial charge in [0, 0.05) is 24.3 Å². The lowest BCUT2D eigenvalue weighted by Gasteiger charge is -2.44. The van der Waals surface area contributed by atoms with Gasteiger partial charge >= 0.3 is 0 Å². The van der Waals surface area contributed by atoms with E-state index in [1.165, 1.54) is 49.9 Å². The molecule has 2 aliphatic rings. The molecule has 3 rings (SSSR count). The first kappa shape index (κ1) is 12.0. The van der Waals surface area contributed by atoms with Crippen LogP contribution in [0.1, 0.15) is 38.2 Å². The Morgan fingerprint density at radius 3 is 2.78 bits per heavy atom. The van der Waals surface area contributed by atoms with Crippen molar-refractivity contribution in [2.24, 2.45) is 11.7 Å². The maximum Gasteiger partial charge on any atom is 0.0441 e. The molecule has 3 atom stereocenters. The lowest BCUT2D eigenvalue weighted by atomic mass is 9.86. The number of fused-ring (bicyclic) bond motifs is 1. The van der Waals surface area contributed by atoms with E-state index in [0.717, 1.165) is 5.92 Å². The number of nitrogens with zero attached hydrogens (tertiary/aromatic N) is 1. The second-order valence-electron chi connectivity index (χ2n) is 6.11. The van der Waals surface area contributed by atoms with Gasteiger partial charge in [-0.1, -0.05) is 38.0 Å². The molecule has 0 radical (unpaired) electrons. The van der Waals surface area contributed by atoms with E-state index < -0.39 is 0 Å². The van der Waals surface area contributed by atoms with E-state index in [-0.39, 0.29) is 0 Å². The van der Waals surface area contributed by atoms with Gasteiger partial charge in [-0.2, -0.15) is 0 Å². The fourth-order valence-electron chi connectivity index (χ4n) is 3.68. The summed E-state index contributed by atoms with van der Waals surface area (Å²) in [5, 5.41) is 0. The van der Waals surface area contributed by atoms with Crippen molar-refractivity contribution in [2.45, 2.75) is 51.1 Å². The van der Waals surface area contributed by atoms with Crippen LogP contribution in [0.15, 0.2) is 24.3 Å². The zero-order valence-corrected chi connectivity index (χ0v) is 11.3. The number of anilines is 1. The van der Waals surface area contributed by atoms with Gasteiger partial charge in [0.15, 0.2) is 0 Å². The monoisotopic (exact) mass is 244 g/mol. The molecule has 0 saturated heterocycles. The van der Waals surface area contributed by atoms with Crippen molar-refractivity contribution < 1.29 is 0 Å². The van der Waals surface area contributed by atoms with E-state index in [9.17, 15) is 0 Å². The van der Waals surface area contributed by atoms with Gasteiger partial charge in [-0.15, -0.1) is 0 Å². The Balaban J connectivity index is 1.91. The Morgan fingerprint density at radius 2 is 1.94 bits per heavy atom. The third kappa shape index (κ3) is 2.14. The van der Waals surface area contributed by atoms with E-state index in [4.69, 9.17) is 5.73 Å². The molecule has 98 valence electrons. The van der Waals surface area contributed by atoms with Crippen molar-refractivity contribution in [1.29, 1.82) is 0 Å². The predicted molar refractivity (Wildman–Crippen MR) is 76.9 cm³/mol. The molecule has 2 heteroatoms. The van der Waals surface area contributed by atoms with Gasteiger partial charge in [0.05, 0.1) is 0 Å². The average molecular weight is 244 g/mol. The van der Waals surface area contributed by atoms with Crippen molar-refractivity contribution in [3.05, 3.63) is 29.8 Å². The summed E-state index contributed by atoms with van der Waals surface area (Å²) >= 11 is 0. The molecule has 1 heterocycles. The van der Waals surface area contributed by atoms with Crippen LogP contribution in [0.4, 0.5) is 5.69 Å². The normalized spacial score (nSPS) is 32.1. The molecule has 1 fully saturated rings. The maximum absolute atomic E-state index is 6.37. The minimum atomic E-state index is 0.358. The molecule has 18 heavy (non-hydrogen) atoms. The zero-order valence-electron chi connectivity index (χ0n) is 11.3. The van der Waals surface area contributed by atoms with Crippen molar-refractivity contribution in [1.82, 2.24) is 0 Å². The fourth-order valence-corrected chi connectivity index (χ4v) is 3.68. The van der Waals surface area contributed by atoms with Crippen LogP contribution in [-0.2, 0) is 6.42 Å². The van der Waals surface area contributed by atoms with E-state index in [2.05, 4.69) is 36.1 Å². The third-order valence-electron chi connectivity index (χ3n) is 4.56. The maximum atomic E-state index is 6.37. The van der Waals surface area contributed by atoms with Crippen molar-refractivity contribution in [3.63, 3.8) is 0 Å². The van der Waals surface area contributed by atoms with Gasteiger partial charge in [-0.05, 0) is 36.8 Å². The highest BCUT2D eigenvalue weighted by Gasteiger charge is 2.32. The van der Waals surface area contributed by atoms with Crippen LogP contribution >= 0.6 is 0 Å². The summed E-state index contributed by atoms with van der Waals surface area (Å²) in [6.45, 7) is 3.53. The molecule has 1 saturated carbocycles. The molecular formula is C16H24N2. The Bertz CT molecular complexity index is 415. The Morgan fingerprint density at radius 1 is 1.17 bits per heavy atom. The highest BCUT2D eigenvalue weighted by Crippen LogP contribution is 2.34. The van der Waals surface area contributed by atoms with Crippen LogP contribution in [0.5, 0.6) is 0 Å². The SMILES string of the molecule is CC1Cc2ccccc2N(C2CCCCC2N)C1. The number of para-hydroxylation sites is 1. The number of nitrogens with two attached hydrogens (primary N) is 1. The molecule has 2 nitrogen and oxygen atoms in total. The molecule has 0 aromatic heterocycles. The molecule has 2 N–H and O–H groups in total. The molecule has 3 unspecified atom stereocenters. The van der Waals surface area contributed by atoms with E-state index in [1.807, 2.05) is 0 Å². The first-order valence-corrected chi connectivity index (χ1v) is 7.36. The van der Waals surface area contributed by atoms with Crippen LogP contribution < -0.4 is 10.6 Å². The molecule has 1 aromatic carbocycles. The number of hydrogen-bond donors (Lipinski definition) is 1. The van der Waals surface area contributed by atoms with Crippen LogP contribution in [-0.4, -0.2) is 18.6 Å². The molecule has 0 spiro atoms. The smallest absolute Gasteiger partial charge is 0.0441 e. The lowest BCUT2D eigenvalue weighted by molar-refractivity contribution is 0.345. The minimum absolute atomic E-state index is 0.358. The first-order chi connectivity index (χ1) is 8.75. The standard InChI is InChI=1S/C16H24N2/c1-12-10-13-6-2-4-8-15(13)18(11-12)16-9-5-3-7-14(16)17/h2,4,6,8,12,14,16H,3,5,7,9-11,17H2,1H3. The molecule has 1 aromatic rings. The van der Waals surface area contributed by atoms with Gasteiger partial charge in [0.1, 0.15) is 0 Å². The first-order valence-electron chi connectivity index (χ1n) is 7.36. The summed E-state index contributed by atoms with van der Waals surface area (Å²) in [7, 11) is 0. The summed E-state index contributed by atoms with van der Waals surface area (Å²) in [6.07, 6.45) is 6.32. The van der Waals surface area contributed by atoms with Crippen LogP contribution in [0.25, 0.3) is 0 Å². The molecule has 1 aliphatic heterocycles. The second-order valence-corrected chi connectivity index (χ2v) is 6.11. The quantitative estimate of drug-likeness (QED) is 0.823. The zero-order chi connectivity index (χ0) is 12.5. The van der Waals surface area contributed by atoms with E-state index in [0.29, 0.717) is 12.1 Å². The van der Waals surface area contributed by atoms with Gasteiger partial charge in [-0.3, -0.25) is 0 Å². The van der Waals surface area contributed by atoms with Crippen LogP contribution in [0, 0.1) is 5.92 Å². The Hall–Kier alpha value is -1.02. The topological polar surface area (TPSA) is 29.3 Å². The predicted octanol–water partition coefficient (Wildman–Crippen LogP) is 2.96. The molecule has 1 aliphatic carbocycles. The van der Waals surface area contributed by atoms with Crippen molar-refractivity contribution in [3.8, 4) is 0 Å². The minimum Gasteiger partial charge on any atom is -0.366 e. The van der Waals surface area contributed by atoms with Crippen molar-refractivity contribution >= 4 is 5.69 Å². The Kier molecular flexibility index (Phi) is 3.29. The van der Waals surface area contributed by atoms with Gasteiger partial charge in [0.25, 0.3) is 0 Å². The number of rotatable bonds is 1. The fraction of sp³-hybridized carbons (Fsp3) is 0.625. The van der Waals surface area contributed by atoms with Gasteiger partial charge < -0.3 is 10.6 Å². The van der Waals surface area contributed by atoms with Crippen LogP contribution in [0.3, 0.4) is 0 Å². The largest absolute Gasteiger partial charge is 0.366 e. The summed E-state index contributed by atoms with van der Waals surface area (Å²) < 4.78 is 0. The van der Waals surface area contributed by atoms with Gasteiger partial charge in [-0.25, -0.2) is 0 Å². The Labute approximate surface area is 110 Å². The van der Waals surface area contributed by atoms with E-state index in [1.54, 1.807) is 0 Å². The summed E-state index contributed by atoms with van der Waals surface area (Å²) in [5.41, 5.74) is 9.32. The third-order valence-corrected chi connectivity index (χ3v) is 4.56. The summed E-state index contributed by atoms with van der Waals surface area (Å²) in [4.78, 5) is 2.60. The molecular weight excluding hydrogens is 220 g/mol. The summed E-state index contributed by atoms with van der Waals surface area (Å²) in [6, 6.07) is 9.81. The summed E-state index contributed by atoms with van der Waals surface area (Å²) in [5.74, 6) is 0.744. The number of hydrogen-bond acceptors (Lipinski definition) is 2. The highest BCUT2D eigenvalue weighted by molar-refractivity contribution is 5.56. The van der Waals surface area contributed by atoms with Crippen LogP contribution in [0.2, 0.25) is 0 Å². The highest BCUT2D eigenvalue weighted by atomic mass is 15.2.